The Morgan fingerprint density at radius 3 is 2.75 bits per heavy atom. The van der Waals surface area contributed by atoms with Crippen LogP contribution in [-0.4, -0.2) is 11.2 Å². The van der Waals surface area contributed by atoms with Gasteiger partial charge in [-0.2, -0.15) is 0 Å². The molecule has 1 atom stereocenters. The minimum absolute atomic E-state index is 0.309. The first-order chi connectivity index (χ1) is 9.63. The van der Waals surface area contributed by atoms with E-state index < -0.39 is 6.10 Å². The van der Waals surface area contributed by atoms with Crippen molar-refractivity contribution in [2.45, 2.75) is 25.0 Å². The Labute approximate surface area is 125 Å². The van der Waals surface area contributed by atoms with Gasteiger partial charge < -0.3 is 9.84 Å². The van der Waals surface area contributed by atoms with E-state index in [-0.39, 0.29) is 5.82 Å². The zero-order chi connectivity index (χ0) is 14.1. The van der Waals surface area contributed by atoms with Crippen LogP contribution in [0.5, 0.6) is 5.75 Å². The van der Waals surface area contributed by atoms with Crippen LogP contribution in [0.2, 0.25) is 0 Å². The summed E-state index contributed by atoms with van der Waals surface area (Å²) in [6, 6.07) is 11.6. The van der Waals surface area contributed by atoms with Gasteiger partial charge in [-0.15, -0.1) is 0 Å². The summed E-state index contributed by atoms with van der Waals surface area (Å²) in [5, 5.41) is 10.4. The molecule has 0 amide bonds. The zero-order valence-corrected chi connectivity index (χ0v) is 12.3. The van der Waals surface area contributed by atoms with Gasteiger partial charge in [-0.25, -0.2) is 4.39 Å². The normalized spacial score (nSPS) is 15.9. The molecule has 1 unspecified atom stereocenters. The molecule has 104 valence electrons. The second kappa shape index (κ2) is 5.54. The maximum Gasteiger partial charge on any atom is 0.123 e. The highest BCUT2D eigenvalue weighted by Crippen LogP contribution is 2.32. The van der Waals surface area contributed by atoms with E-state index in [0.29, 0.717) is 21.7 Å². The van der Waals surface area contributed by atoms with Gasteiger partial charge in [0.05, 0.1) is 6.10 Å². The molecule has 2 aromatic carbocycles. The molecule has 0 radical (unpaired) electrons. The van der Waals surface area contributed by atoms with Crippen molar-refractivity contribution in [3.63, 3.8) is 0 Å². The van der Waals surface area contributed by atoms with Crippen LogP contribution in [0.3, 0.4) is 0 Å². The van der Waals surface area contributed by atoms with E-state index in [2.05, 4.69) is 15.9 Å². The molecule has 3 rings (SSSR count). The van der Waals surface area contributed by atoms with Crippen LogP contribution in [0, 0.1) is 5.82 Å². The minimum Gasteiger partial charge on any atom is -0.490 e. The van der Waals surface area contributed by atoms with Gasteiger partial charge in [0.2, 0.25) is 0 Å². The third kappa shape index (κ3) is 3.02. The molecular weight excluding hydrogens is 323 g/mol. The van der Waals surface area contributed by atoms with E-state index in [1.54, 1.807) is 12.1 Å². The third-order valence-corrected chi connectivity index (χ3v) is 3.98. The standard InChI is InChI=1S/C16H14BrFO2/c17-15-7-4-11(18)9-14(15)16(19)10-2-1-3-13(8-10)20-12-5-6-12/h1-4,7-9,12,16,19H,5-6H2. The van der Waals surface area contributed by atoms with Crippen molar-refractivity contribution in [2.75, 3.05) is 0 Å². The van der Waals surface area contributed by atoms with Crippen molar-refractivity contribution in [1.29, 1.82) is 0 Å². The average molecular weight is 337 g/mol. The predicted molar refractivity (Wildman–Crippen MR) is 78.3 cm³/mol. The van der Waals surface area contributed by atoms with Gasteiger partial charge in [-0.1, -0.05) is 28.1 Å². The van der Waals surface area contributed by atoms with Crippen LogP contribution in [0.15, 0.2) is 46.9 Å². The molecular formula is C16H14BrFO2. The highest BCUT2D eigenvalue weighted by Gasteiger charge is 2.24. The number of hydrogen-bond donors (Lipinski definition) is 1. The first kappa shape index (κ1) is 13.6. The largest absolute Gasteiger partial charge is 0.490 e. The maximum absolute atomic E-state index is 13.3. The molecule has 0 bridgehead atoms. The Morgan fingerprint density at radius 1 is 1.20 bits per heavy atom. The summed E-state index contributed by atoms with van der Waals surface area (Å²) in [5.41, 5.74) is 1.20. The SMILES string of the molecule is OC(c1cccc(OC2CC2)c1)c1cc(F)ccc1Br. The molecule has 20 heavy (non-hydrogen) atoms. The fraction of sp³-hybridized carbons (Fsp3) is 0.250. The Bertz CT molecular complexity index is 626. The summed E-state index contributed by atoms with van der Waals surface area (Å²) >= 11 is 3.34. The van der Waals surface area contributed by atoms with Gasteiger partial charge in [0.1, 0.15) is 17.7 Å². The molecule has 1 fully saturated rings. The molecule has 1 aliphatic carbocycles. The Kier molecular flexibility index (Phi) is 3.76. The fourth-order valence-corrected chi connectivity index (χ4v) is 2.50. The van der Waals surface area contributed by atoms with E-state index in [1.807, 2.05) is 18.2 Å². The van der Waals surface area contributed by atoms with E-state index in [4.69, 9.17) is 4.74 Å². The first-order valence-corrected chi connectivity index (χ1v) is 7.32. The molecule has 0 aromatic heterocycles. The molecule has 1 aliphatic rings. The summed E-state index contributed by atoms with van der Waals surface area (Å²) < 4.78 is 19.7. The van der Waals surface area contributed by atoms with Crippen LogP contribution in [-0.2, 0) is 0 Å². The highest BCUT2D eigenvalue weighted by molar-refractivity contribution is 9.10. The summed E-state index contributed by atoms with van der Waals surface area (Å²) in [7, 11) is 0. The van der Waals surface area contributed by atoms with E-state index in [0.717, 1.165) is 18.6 Å². The number of aliphatic hydroxyl groups excluding tert-OH is 1. The number of halogens is 2. The van der Waals surface area contributed by atoms with Gasteiger partial charge in [0, 0.05) is 10.0 Å². The quantitative estimate of drug-likeness (QED) is 0.906. The van der Waals surface area contributed by atoms with Crippen LogP contribution in [0.4, 0.5) is 4.39 Å². The summed E-state index contributed by atoms with van der Waals surface area (Å²) in [6.45, 7) is 0. The third-order valence-electron chi connectivity index (χ3n) is 3.25. The second-order valence-electron chi connectivity index (χ2n) is 4.96. The van der Waals surface area contributed by atoms with Gasteiger partial charge in [-0.3, -0.25) is 0 Å². The van der Waals surface area contributed by atoms with Crippen molar-refractivity contribution in [1.82, 2.24) is 0 Å². The number of hydrogen-bond acceptors (Lipinski definition) is 2. The van der Waals surface area contributed by atoms with Crippen LogP contribution >= 0.6 is 15.9 Å². The van der Waals surface area contributed by atoms with E-state index in [9.17, 15) is 9.50 Å². The van der Waals surface area contributed by atoms with Crippen molar-refractivity contribution < 1.29 is 14.2 Å². The van der Waals surface area contributed by atoms with Crippen LogP contribution in [0.1, 0.15) is 30.1 Å². The molecule has 1 saturated carbocycles. The minimum atomic E-state index is -0.886. The lowest BCUT2D eigenvalue weighted by Crippen LogP contribution is -2.03. The molecule has 2 nitrogen and oxygen atoms in total. The van der Waals surface area contributed by atoms with Gasteiger partial charge in [0.15, 0.2) is 0 Å². The lowest BCUT2D eigenvalue weighted by Gasteiger charge is -2.15. The Balaban J connectivity index is 1.88. The highest BCUT2D eigenvalue weighted by atomic mass is 79.9. The number of ether oxygens (including phenoxy) is 1. The summed E-state index contributed by atoms with van der Waals surface area (Å²) in [6.07, 6.45) is 1.59. The van der Waals surface area contributed by atoms with Gasteiger partial charge in [0.25, 0.3) is 0 Å². The molecule has 4 heteroatoms. The second-order valence-corrected chi connectivity index (χ2v) is 5.81. The monoisotopic (exact) mass is 336 g/mol. The lowest BCUT2D eigenvalue weighted by atomic mass is 10.0. The number of aliphatic hydroxyl groups is 1. The van der Waals surface area contributed by atoms with Crippen molar-refractivity contribution in [3.8, 4) is 5.75 Å². The van der Waals surface area contributed by atoms with Crippen LogP contribution in [0.25, 0.3) is 0 Å². The predicted octanol–water partition coefficient (Wildman–Crippen LogP) is 4.21. The smallest absolute Gasteiger partial charge is 0.123 e. The molecule has 0 saturated heterocycles. The molecule has 2 aromatic rings. The molecule has 1 N–H and O–H groups in total. The summed E-state index contributed by atoms with van der Waals surface area (Å²) in [5.74, 6) is 0.379. The van der Waals surface area contributed by atoms with E-state index in [1.165, 1.54) is 12.1 Å². The van der Waals surface area contributed by atoms with Gasteiger partial charge >= 0.3 is 0 Å². The Morgan fingerprint density at radius 2 is 2.00 bits per heavy atom. The maximum atomic E-state index is 13.3. The zero-order valence-electron chi connectivity index (χ0n) is 10.7. The van der Waals surface area contributed by atoms with Crippen LogP contribution < -0.4 is 4.74 Å². The average Bonchev–Trinajstić information content (AvgIpc) is 3.25. The Hall–Kier alpha value is -1.39. The number of rotatable bonds is 4. The summed E-state index contributed by atoms with van der Waals surface area (Å²) in [4.78, 5) is 0. The van der Waals surface area contributed by atoms with Gasteiger partial charge in [-0.05, 0) is 48.7 Å². The van der Waals surface area contributed by atoms with E-state index >= 15 is 0 Å². The lowest BCUT2D eigenvalue weighted by molar-refractivity contribution is 0.218. The number of benzene rings is 2. The molecule has 0 heterocycles. The first-order valence-electron chi connectivity index (χ1n) is 6.53. The molecule has 0 aliphatic heterocycles. The van der Waals surface area contributed by atoms with Crippen molar-refractivity contribution >= 4 is 15.9 Å². The van der Waals surface area contributed by atoms with Crippen molar-refractivity contribution in [3.05, 3.63) is 63.9 Å². The fourth-order valence-electron chi connectivity index (χ4n) is 2.04. The topological polar surface area (TPSA) is 29.5 Å². The van der Waals surface area contributed by atoms with Crippen molar-refractivity contribution in [2.24, 2.45) is 0 Å². The molecule has 0 spiro atoms.